The molecule has 2 aliphatic rings. The molecule has 2 fully saturated rings. The summed E-state index contributed by atoms with van der Waals surface area (Å²) in [5, 5.41) is 0. The Balaban J connectivity index is 0. The van der Waals surface area contributed by atoms with Crippen LogP contribution in [0.4, 0.5) is 0 Å². The van der Waals surface area contributed by atoms with Crippen LogP contribution in [0.25, 0.3) is 0 Å². The molecule has 0 bridgehead atoms. The van der Waals surface area contributed by atoms with Gasteiger partial charge in [0.15, 0.2) is 0 Å². The molecule has 0 N–H and O–H groups in total. The number of Topliss-reactive ketones (excluding diaryl/α,β-unsaturated/α-hetero) is 2. The van der Waals surface area contributed by atoms with Gasteiger partial charge < -0.3 is 23.4 Å². The second-order valence-corrected chi connectivity index (χ2v) is 5.69. The standard InChI is InChI=1S/C15H22O2.3W/c1-10-5-3-7-12(14(10)16)9-13-8-4-6-11(2)15(13)17;;;/h10-13H,1-9H2;;;/q-2;;;. The van der Waals surface area contributed by atoms with Gasteiger partial charge in [-0.15, -0.1) is 11.8 Å². The molecule has 0 spiro atoms. The third-order valence-electron chi connectivity index (χ3n) is 4.39. The molecular formula is C15H22O2W3-2. The summed E-state index contributed by atoms with van der Waals surface area (Å²) in [5.41, 5.74) is 0. The predicted molar refractivity (Wildman–Crippen MR) is 67.0 cm³/mol. The fraction of sp³-hybridized carbons (Fsp3) is 0.733. The van der Waals surface area contributed by atoms with E-state index in [0.29, 0.717) is 0 Å². The van der Waals surface area contributed by atoms with Crippen LogP contribution in [0.2, 0.25) is 0 Å². The van der Waals surface area contributed by atoms with Gasteiger partial charge >= 0.3 is 0 Å². The number of ketones is 2. The van der Waals surface area contributed by atoms with Crippen LogP contribution >= 0.6 is 0 Å². The summed E-state index contributed by atoms with van der Waals surface area (Å²) in [6.45, 7) is 7.82. The van der Waals surface area contributed by atoms with E-state index >= 15 is 0 Å². The van der Waals surface area contributed by atoms with Gasteiger partial charge in [0.2, 0.25) is 0 Å². The Morgan fingerprint density at radius 1 is 0.750 bits per heavy atom. The van der Waals surface area contributed by atoms with Crippen LogP contribution in [-0.4, -0.2) is 11.6 Å². The molecule has 2 saturated carbocycles. The molecule has 0 heterocycles. The van der Waals surface area contributed by atoms with Crippen LogP contribution < -0.4 is 0 Å². The summed E-state index contributed by atoms with van der Waals surface area (Å²) in [5.74, 6) is 0.674. The average Bonchev–Trinajstić information content (AvgIpc) is 2.31. The quantitative estimate of drug-likeness (QED) is 0.404. The van der Waals surface area contributed by atoms with Crippen molar-refractivity contribution < 1.29 is 72.8 Å². The van der Waals surface area contributed by atoms with Crippen molar-refractivity contribution >= 4 is 11.6 Å². The van der Waals surface area contributed by atoms with Gasteiger partial charge in [-0.25, -0.2) is 0 Å². The van der Waals surface area contributed by atoms with E-state index in [9.17, 15) is 9.59 Å². The minimum absolute atomic E-state index is 0. The topological polar surface area (TPSA) is 34.1 Å². The molecular weight excluding hydrogens is 764 g/mol. The summed E-state index contributed by atoms with van der Waals surface area (Å²) in [7, 11) is 0. The Bertz CT molecular complexity index is 290. The number of carbonyl (C=O) groups is 2. The Kier molecular flexibility index (Phi) is 13.0. The third kappa shape index (κ3) is 5.89. The largest absolute Gasteiger partial charge is 0.333 e. The molecule has 0 aromatic heterocycles. The van der Waals surface area contributed by atoms with Gasteiger partial charge in [-0.05, 0) is 19.3 Å². The fourth-order valence-corrected chi connectivity index (χ4v) is 3.27. The molecule has 0 saturated heterocycles. The Morgan fingerprint density at radius 2 is 1.10 bits per heavy atom. The first-order valence-corrected chi connectivity index (χ1v) is 6.83. The van der Waals surface area contributed by atoms with Crippen LogP contribution in [0, 0.1) is 37.5 Å². The molecule has 2 rings (SSSR count). The summed E-state index contributed by atoms with van der Waals surface area (Å²) in [6, 6.07) is 0. The number of carbonyl (C=O) groups excluding carboxylic acids is 2. The molecule has 0 amide bonds. The normalized spacial score (nSPS) is 33.5. The van der Waals surface area contributed by atoms with Crippen LogP contribution in [0.5, 0.6) is 0 Å². The van der Waals surface area contributed by atoms with Crippen LogP contribution in [-0.2, 0) is 72.8 Å². The number of hydrogen-bond donors (Lipinski definition) is 0. The van der Waals surface area contributed by atoms with Gasteiger partial charge in [0, 0.05) is 75.0 Å². The van der Waals surface area contributed by atoms with Gasteiger partial charge in [0.25, 0.3) is 0 Å². The maximum absolute atomic E-state index is 12.0. The predicted octanol–water partition coefficient (Wildman–Crippen LogP) is 3.01. The molecule has 0 aliphatic heterocycles. The van der Waals surface area contributed by atoms with Gasteiger partial charge in [-0.1, -0.05) is 25.7 Å². The van der Waals surface area contributed by atoms with Crippen LogP contribution in [0.3, 0.4) is 0 Å². The van der Waals surface area contributed by atoms with Gasteiger partial charge in [0.05, 0.1) is 0 Å². The van der Waals surface area contributed by atoms with E-state index in [1.807, 2.05) is 0 Å². The van der Waals surface area contributed by atoms with Crippen LogP contribution in [0.15, 0.2) is 0 Å². The number of rotatable bonds is 2. The fourth-order valence-electron chi connectivity index (χ4n) is 3.27. The average molecular weight is 786 g/mol. The first-order valence-electron chi connectivity index (χ1n) is 6.83. The van der Waals surface area contributed by atoms with Crippen molar-refractivity contribution in [1.29, 1.82) is 0 Å². The molecule has 0 radical (unpaired) electrons. The molecule has 20 heavy (non-hydrogen) atoms. The van der Waals surface area contributed by atoms with Crippen LogP contribution in [0.1, 0.15) is 44.9 Å². The van der Waals surface area contributed by atoms with Crippen molar-refractivity contribution in [2.45, 2.75) is 44.9 Å². The van der Waals surface area contributed by atoms with Gasteiger partial charge in [-0.2, -0.15) is 0 Å². The minimum Gasteiger partial charge on any atom is -0.333 e. The van der Waals surface area contributed by atoms with E-state index in [1.165, 1.54) is 0 Å². The third-order valence-corrected chi connectivity index (χ3v) is 4.39. The maximum atomic E-state index is 12.0. The first-order chi connectivity index (χ1) is 8.09. The molecule has 0 aromatic rings. The summed E-state index contributed by atoms with van der Waals surface area (Å²) < 4.78 is 0. The second kappa shape index (κ2) is 11.0. The monoisotopic (exact) mass is 786 g/mol. The van der Waals surface area contributed by atoms with E-state index < -0.39 is 0 Å². The Hall–Kier alpha value is 1.40. The van der Waals surface area contributed by atoms with Gasteiger partial charge in [-0.3, -0.25) is 0 Å². The van der Waals surface area contributed by atoms with Crippen molar-refractivity contribution in [2.75, 3.05) is 0 Å². The van der Waals surface area contributed by atoms with Crippen molar-refractivity contribution in [3.05, 3.63) is 13.8 Å². The van der Waals surface area contributed by atoms with Gasteiger partial charge in [0.1, 0.15) is 11.6 Å². The smallest absolute Gasteiger partial charge is 0.109 e. The zero-order valence-electron chi connectivity index (χ0n) is 11.7. The van der Waals surface area contributed by atoms with Crippen molar-refractivity contribution in [3.8, 4) is 0 Å². The minimum atomic E-state index is -0.0389. The molecule has 0 aromatic carbocycles. The van der Waals surface area contributed by atoms with Crippen molar-refractivity contribution in [2.24, 2.45) is 23.7 Å². The molecule has 2 nitrogen and oxygen atoms in total. The summed E-state index contributed by atoms with van der Waals surface area (Å²) >= 11 is 0. The molecule has 4 atom stereocenters. The molecule has 4 unspecified atom stereocenters. The maximum Gasteiger partial charge on any atom is 0.109 e. The van der Waals surface area contributed by atoms with E-state index in [1.54, 1.807) is 0 Å². The van der Waals surface area contributed by atoms with Crippen molar-refractivity contribution in [1.82, 2.24) is 0 Å². The summed E-state index contributed by atoms with van der Waals surface area (Å²) in [4.78, 5) is 24.0. The van der Waals surface area contributed by atoms with E-state index in [4.69, 9.17) is 0 Å². The van der Waals surface area contributed by atoms with E-state index in [0.717, 1.165) is 44.9 Å². The second-order valence-electron chi connectivity index (χ2n) is 5.69. The molecule has 2 aliphatic carbocycles. The zero-order chi connectivity index (χ0) is 12.4. The van der Waals surface area contributed by atoms with Crippen molar-refractivity contribution in [3.63, 3.8) is 0 Å². The zero-order valence-corrected chi connectivity index (χ0v) is 20.5. The Morgan fingerprint density at radius 3 is 1.45 bits per heavy atom. The SMILES string of the molecule is [CH2-]C1CCCC(CC2CCCC([CH2-])C2=O)C1=O.[W].[W].[W]. The number of hydrogen-bond acceptors (Lipinski definition) is 2. The molecule has 5 heteroatoms. The first kappa shape index (κ1) is 23.7. The van der Waals surface area contributed by atoms with E-state index in [2.05, 4.69) is 13.8 Å². The Labute approximate surface area is 165 Å². The molecule has 114 valence electrons. The van der Waals surface area contributed by atoms with E-state index in [-0.39, 0.29) is 98.4 Å². The summed E-state index contributed by atoms with van der Waals surface area (Å²) in [6.07, 6.45) is 6.68.